The normalized spacial score (nSPS) is 17.2. The molecule has 0 bridgehead atoms. The van der Waals surface area contributed by atoms with Crippen molar-refractivity contribution in [1.29, 1.82) is 0 Å². The lowest BCUT2D eigenvalue weighted by atomic mass is 10.3. The summed E-state index contributed by atoms with van der Waals surface area (Å²) in [5.74, 6) is -0.844. The van der Waals surface area contributed by atoms with Gasteiger partial charge in [-0.05, 0) is 12.1 Å². The smallest absolute Gasteiger partial charge is 0.245 e. The van der Waals surface area contributed by atoms with Gasteiger partial charge in [-0.25, -0.2) is 17.5 Å². The highest BCUT2D eigenvalue weighted by atomic mass is 32.2. The van der Waals surface area contributed by atoms with Gasteiger partial charge in [0, 0.05) is 26.2 Å². The zero-order valence-corrected chi connectivity index (χ0v) is 11.8. The molecular formula is C12H18FN3O3S. The molecule has 8 heteroatoms. The van der Waals surface area contributed by atoms with E-state index in [-0.39, 0.29) is 12.2 Å². The van der Waals surface area contributed by atoms with Gasteiger partial charge in [0.15, 0.2) is 0 Å². The number of nitrogens with zero attached hydrogens (tertiary/aromatic N) is 1. The van der Waals surface area contributed by atoms with Crippen LogP contribution in [0.25, 0.3) is 0 Å². The number of ether oxygens (including phenoxy) is 1. The molecule has 1 fully saturated rings. The Hall–Kier alpha value is -1.22. The van der Waals surface area contributed by atoms with Gasteiger partial charge in [-0.1, -0.05) is 6.07 Å². The van der Waals surface area contributed by atoms with Crippen molar-refractivity contribution in [3.05, 3.63) is 24.0 Å². The molecule has 0 spiro atoms. The highest BCUT2D eigenvalue weighted by molar-refractivity contribution is 7.89. The van der Waals surface area contributed by atoms with Gasteiger partial charge >= 0.3 is 0 Å². The van der Waals surface area contributed by atoms with Gasteiger partial charge in [-0.3, -0.25) is 4.90 Å². The van der Waals surface area contributed by atoms with Crippen molar-refractivity contribution in [2.24, 2.45) is 0 Å². The number of sulfonamides is 1. The van der Waals surface area contributed by atoms with Gasteiger partial charge in [0.1, 0.15) is 10.7 Å². The summed E-state index contributed by atoms with van der Waals surface area (Å²) in [6, 6.07) is 3.81. The number of halogens is 1. The molecule has 0 atom stereocenters. The van der Waals surface area contributed by atoms with Gasteiger partial charge in [0.25, 0.3) is 0 Å². The number of morpholine rings is 1. The minimum atomic E-state index is -3.93. The summed E-state index contributed by atoms with van der Waals surface area (Å²) < 4.78 is 45.3. The number of nitrogen functional groups attached to an aromatic ring is 1. The molecule has 0 aromatic heterocycles. The molecular weight excluding hydrogens is 285 g/mol. The second-order valence-electron chi connectivity index (χ2n) is 4.51. The summed E-state index contributed by atoms with van der Waals surface area (Å²) in [5, 5.41) is 0. The predicted octanol–water partition coefficient (Wildman–Crippen LogP) is 0.0184. The van der Waals surface area contributed by atoms with Crippen LogP contribution in [0.5, 0.6) is 0 Å². The van der Waals surface area contributed by atoms with E-state index in [9.17, 15) is 12.8 Å². The number of rotatable bonds is 5. The van der Waals surface area contributed by atoms with Crippen molar-refractivity contribution in [1.82, 2.24) is 9.62 Å². The number of hydrogen-bond donors (Lipinski definition) is 2. The lowest BCUT2D eigenvalue weighted by Crippen LogP contribution is -2.41. The van der Waals surface area contributed by atoms with E-state index in [2.05, 4.69) is 9.62 Å². The Morgan fingerprint density at radius 3 is 2.70 bits per heavy atom. The summed E-state index contributed by atoms with van der Waals surface area (Å²) in [6.07, 6.45) is 0. The Balaban J connectivity index is 1.97. The van der Waals surface area contributed by atoms with Crippen LogP contribution in [0.2, 0.25) is 0 Å². The summed E-state index contributed by atoms with van der Waals surface area (Å²) in [5.41, 5.74) is 5.44. The maximum absolute atomic E-state index is 13.6. The Morgan fingerprint density at radius 1 is 1.35 bits per heavy atom. The Kier molecular flexibility index (Phi) is 4.92. The van der Waals surface area contributed by atoms with E-state index < -0.39 is 20.7 Å². The molecule has 1 aromatic carbocycles. The molecule has 1 heterocycles. The largest absolute Gasteiger partial charge is 0.398 e. The van der Waals surface area contributed by atoms with Crippen molar-refractivity contribution in [2.75, 3.05) is 45.1 Å². The van der Waals surface area contributed by atoms with E-state index in [4.69, 9.17) is 10.5 Å². The third-order valence-electron chi connectivity index (χ3n) is 3.09. The van der Waals surface area contributed by atoms with Crippen molar-refractivity contribution >= 4 is 15.7 Å². The van der Waals surface area contributed by atoms with E-state index in [1.165, 1.54) is 12.1 Å². The minimum Gasteiger partial charge on any atom is -0.398 e. The quantitative estimate of drug-likeness (QED) is 0.749. The monoisotopic (exact) mass is 303 g/mol. The summed E-state index contributed by atoms with van der Waals surface area (Å²) in [6.45, 7) is 3.58. The molecule has 6 nitrogen and oxygen atoms in total. The second kappa shape index (κ2) is 6.49. The van der Waals surface area contributed by atoms with Gasteiger partial charge in [0.05, 0.1) is 18.9 Å². The van der Waals surface area contributed by atoms with Crippen LogP contribution in [0.1, 0.15) is 0 Å². The third-order valence-corrected chi connectivity index (χ3v) is 4.64. The van der Waals surface area contributed by atoms with Crippen LogP contribution >= 0.6 is 0 Å². The van der Waals surface area contributed by atoms with Crippen LogP contribution in [-0.2, 0) is 14.8 Å². The molecule has 20 heavy (non-hydrogen) atoms. The van der Waals surface area contributed by atoms with Gasteiger partial charge in [-0.2, -0.15) is 0 Å². The fourth-order valence-corrected chi connectivity index (χ4v) is 3.25. The molecule has 0 aliphatic carbocycles. The van der Waals surface area contributed by atoms with Crippen molar-refractivity contribution in [3.8, 4) is 0 Å². The van der Waals surface area contributed by atoms with E-state index in [0.717, 1.165) is 19.2 Å². The molecule has 1 saturated heterocycles. The molecule has 1 aromatic rings. The first-order valence-electron chi connectivity index (χ1n) is 6.34. The second-order valence-corrected chi connectivity index (χ2v) is 6.21. The molecule has 2 rings (SSSR count). The highest BCUT2D eigenvalue weighted by Crippen LogP contribution is 2.21. The molecule has 3 N–H and O–H groups in total. The number of nitrogens with two attached hydrogens (primary N) is 1. The molecule has 112 valence electrons. The highest BCUT2D eigenvalue weighted by Gasteiger charge is 2.22. The van der Waals surface area contributed by atoms with Gasteiger partial charge < -0.3 is 10.5 Å². The first kappa shape index (κ1) is 15.2. The van der Waals surface area contributed by atoms with E-state index >= 15 is 0 Å². The summed E-state index contributed by atoms with van der Waals surface area (Å²) in [7, 11) is -3.93. The number of hydrogen-bond acceptors (Lipinski definition) is 5. The lowest BCUT2D eigenvalue weighted by Gasteiger charge is -2.26. The zero-order chi connectivity index (χ0) is 14.6. The zero-order valence-electron chi connectivity index (χ0n) is 11.0. The standard InChI is InChI=1S/C12H18FN3O3S/c13-10-2-1-3-11(14)12(10)20(17,18)15-4-5-16-6-8-19-9-7-16/h1-3,15H,4-9,14H2. The Morgan fingerprint density at radius 2 is 2.05 bits per heavy atom. The molecule has 0 unspecified atom stereocenters. The van der Waals surface area contributed by atoms with Crippen LogP contribution in [0.3, 0.4) is 0 Å². The first-order valence-corrected chi connectivity index (χ1v) is 7.83. The lowest BCUT2D eigenvalue weighted by molar-refractivity contribution is 0.0390. The number of benzene rings is 1. The Labute approximate surface area is 117 Å². The molecule has 0 radical (unpaired) electrons. The summed E-state index contributed by atoms with van der Waals surface area (Å²) in [4.78, 5) is 1.60. The molecule has 1 aliphatic rings. The van der Waals surface area contributed by atoms with E-state index in [1.54, 1.807) is 0 Å². The van der Waals surface area contributed by atoms with Crippen LogP contribution in [0.4, 0.5) is 10.1 Å². The number of anilines is 1. The predicted molar refractivity (Wildman–Crippen MR) is 73.3 cm³/mol. The van der Waals surface area contributed by atoms with E-state index in [1.807, 2.05) is 0 Å². The fourth-order valence-electron chi connectivity index (χ4n) is 2.04. The van der Waals surface area contributed by atoms with Crippen LogP contribution < -0.4 is 10.5 Å². The fraction of sp³-hybridized carbons (Fsp3) is 0.500. The topological polar surface area (TPSA) is 84.7 Å². The van der Waals surface area contributed by atoms with Crippen molar-refractivity contribution in [2.45, 2.75) is 4.90 Å². The third kappa shape index (κ3) is 3.66. The average molecular weight is 303 g/mol. The summed E-state index contributed by atoms with van der Waals surface area (Å²) >= 11 is 0. The SMILES string of the molecule is Nc1cccc(F)c1S(=O)(=O)NCCN1CCOCC1. The van der Waals surface area contributed by atoms with Crippen LogP contribution in [0.15, 0.2) is 23.1 Å². The van der Waals surface area contributed by atoms with Crippen molar-refractivity contribution in [3.63, 3.8) is 0 Å². The first-order chi connectivity index (χ1) is 9.50. The average Bonchev–Trinajstić information content (AvgIpc) is 2.39. The van der Waals surface area contributed by atoms with Crippen molar-refractivity contribution < 1.29 is 17.5 Å². The molecule has 1 aliphatic heterocycles. The maximum atomic E-state index is 13.6. The maximum Gasteiger partial charge on any atom is 0.245 e. The van der Waals surface area contributed by atoms with Gasteiger partial charge in [-0.15, -0.1) is 0 Å². The molecule has 0 saturated carbocycles. The van der Waals surface area contributed by atoms with E-state index in [0.29, 0.717) is 19.8 Å². The number of nitrogens with one attached hydrogen (secondary N) is 1. The van der Waals surface area contributed by atoms with Crippen LogP contribution in [-0.4, -0.2) is 52.7 Å². The Bertz CT molecular complexity index is 539. The minimum absolute atomic E-state index is 0.0936. The van der Waals surface area contributed by atoms with Gasteiger partial charge in [0.2, 0.25) is 10.0 Å². The molecule has 0 amide bonds. The van der Waals surface area contributed by atoms with Crippen LogP contribution in [0, 0.1) is 5.82 Å².